The molecule has 1 fully saturated rings. The first-order valence-corrected chi connectivity index (χ1v) is 9.00. The predicted molar refractivity (Wildman–Crippen MR) is 98.9 cm³/mol. The fraction of sp³-hybridized carbons (Fsp3) is 0.278. The van der Waals surface area contributed by atoms with Crippen molar-refractivity contribution in [1.29, 1.82) is 0 Å². The van der Waals surface area contributed by atoms with Gasteiger partial charge in [-0.2, -0.15) is 0 Å². The highest BCUT2D eigenvalue weighted by molar-refractivity contribution is 7.22. The van der Waals surface area contributed by atoms with Gasteiger partial charge >= 0.3 is 0 Å². The van der Waals surface area contributed by atoms with Gasteiger partial charge in [0.05, 0.1) is 10.2 Å². The molecule has 1 amide bonds. The van der Waals surface area contributed by atoms with Crippen molar-refractivity contribution in [2.75, 3.05) is 10.6 Å². The summed E-state index contributed by atoms with van der Waals surface area (Å²) in [6.07, 6.45) is 2.98. The Balaban J connectivity index is 1.50. The van der Waals surface area contributed by atoms with Gasteiger partial charge in [-0.1, -0.05) is 23.5 Å². The minimum Gasteiger partial charge on any atom is -0.373 e. The van der Waals surface area contributed by atoms with E-state index in [2.05, 4.69) is 20.6 Å². The first-order valence-electron chi connectivity index (χ1n) is 8.18. The highest BCUT2D eigenvalue weighted by atomic mass is 32.1. The number of thiazole rings is 1. The van der Waals surface area contributed by atoms with Gasteiger partial charge in [-0.3, -0.25) is 10.1 Å². The van der Waals surface area contributed by atoms with Crippen LogP contribution in [0.25, 0.3) is 10.2 Å². The zero-order valence-corrected chi connectivity index (χ0v) is 14.5. The van der Waals surface area contributed by atoms with Gasteiger partial charge in [0.2, 0.25) is 0 Å². The van der Waals surface area contributed by atoms with Crippen molar-refractivity contribution < 1.29 is 9.90 Å². The number of carbonyl (C=O) groups is 1. The third kappa shape index (κ3) is 3.47. The third-order valence-electron chi connectivity index (χ3n) is 4.23. The number of hydrogen-bond acceptors (Lipinski definition) is 6. The largest absolute Gasteiger partial charge is 0.373 e. The van der Waals surface area contributed by atoms with Gasteiger partial charge in [0, 0.05) is 17.7 Å². The van der Waals surface area contributed by atoms with Crippen molar-refractivity contribution in [3.05, 3.63) is 47.7 Å². The van der Waals surface area contributed by atoms with Gasteiger partial charge in [-0.05, 0) is 43.5 Å². The summed E-state index contributed by atoms with van der Waals surface area (Å²) in [4.78, 5) is 21.2. The number of anilines is 2. The number of nitrogens with zero attached hydrogens (tertiary/aromatic N) is 2. The fourth-order valence-corrected chi connectivity index (χ4v) is 3.58. The van der Waals surface area contributed by atoms with Crippen LogP contribution in [0.2, 0.25) is 0 Å². The topological polar surface area (TPSA) is 87.1 Å². The van der Waals surface area contributed by atoms with E-state index in [9.17, 15) is 9.90 Å². The monoisotopic (exact) mass is 354 g/mol. The number of nitrogens with one attached hydrogen (secondary N) is 2. The number of para-hydroxylation sites is 1. The molecule has 1 saturated carbocycles. The average Bonchev–Trinajstić information content (AvgIpc) is 3.36. The molecular weight excluding hydrogens is 336 g/mol. The van der Waals surface area contributed by atoms with Crippen molar-refractivity contribution in [3.8, 4) is 0 Å². The molecule has 25 heavy (non-hydrogen) atoms. The molecule has 7 heteroatoms. The first kappa shape index (κ1) is 16.0. The lowest BCUT2D eigenvalue weighted by Crippen LogP contribution is -2.22. The smallest absolute Gasteiger partial charge is 0.257 e. The number of aromatic nitrogens is 2. The van der Waals surface area contributed by atoms with E-state index in [1.807, 2.05) is 25.1 Å². The molecule has 1 aliphatic carbocycles. The Labute approximate surface area is 148 Å². The number of aryl methyl sites for hydroxylation is 1. The average molecular weight is 354 g/mol. The Morgan fingerprint density at radius 1 is 1.36 bits per heavy atom. The van der Waals surface area contributed by atoms with Crippen molar-refractivity contribution in [3.63, 3.8) is 0 Å². The van der Waals surface area contributed by atoms with E-state index in [0.29, 0.717) is 16.5 Å². The maximum Gasteiger partial charge on any atom is 0.257 e. The lowest BCUT2D eigenvalue weighted by molar-refractivity contribution is 0.102. The highest BCUT2D eigenvalue weighted by Crippen LogP contribution is 2.33. The number of carbonyl (C=O) groups excluding carboxylic acids is 1. The molecule has 4 rings (SSSR count). The van der Waals surface area contributed by atoms with E-state index >= 15 is 0 Å². The van der Waals surface area contributed by atoms with Crippen molar-refractivity contribution in [1.82, 2.24) is 9.97 Å². The minimum absolute atomic E-state index is 0.247. The lowest BCUT2D eigenvalue weighted by Gasteiger charge is -2.12. The van der Waals surface area contributed by atoms with E-state index in [1.165, 1.54) is 11.3 Å². The molecular formula is C18H18N4O2S. The van der Waals surface area contributed by atoms with Crippen LogP contribution in [-0.4, -0.2) is 27.2 Å². The van der Waals surface area contributed by atoms with Crippen LogP contribution in [0.3, 0.4) is 0 Å². The molecule has 2 heterocycles. The summed E-state index contributed by atoms with van der Waals surface area (Å²) in [5.74, 6) is 0.528. The number of aliphatic hydroxyl groups excluding tert-OH is 1. The van der Waals surface area contributed by atoms with E-state index in [-0.39, 0.29) is 11.8 Å². The summed E-state index contributed by atoms with van der Waals surface area (Å²) in [7, 11) is 0. The number of rotatable bonds is 5. The van der Waals surface area contributed by atoms with Gasteiger partial charge in [0.15, 0.2) is 5.13 Å². The first-order chi connectivity index (χ1) is 12.1. The minimum atomic E-state index is -0.613. The molecule has 0 aliphatic heterocycles. The number of fused-ring (bicyclic) bond motifs is 1. The van der Waals surface area contributed by atoms with Gasteiger partial charge in [-0.15, -0.1) is 0 Å². The van der Waals surface area contributed by atoms with Crippen LogP contribution in [-0.2, 0) is 0 Å². The van der Waals surface area contributed by atoms with Crippen LogP contribution in [0.4, 0.5) is 10.9 Å². The molecule has 0 saturated heterocycles. The maximum atomic E-state index is 12.5. The Kier molecular flexibility index (Phi) is 4.10. The Hall–Kier alpha value is -2.51. The lowest BCUT2D eigenvalue weighted by atomic mass is 10.2. The Morgan fingerprint density at radius 2 is 2.20 bits per heavy atom. The summed E-state index contributed by atoms with van der Waals surface area (Å²) < 4.78 is 1.04. The van der Waals surface area contributed by atoms with E-state index in [4.69, 9.17) is 0 Å². The van der Waals surface area contributed by atoms with Crippen LogP contribution in [0.5, 0.6) is 0 Å². The summed E-state index contributed by atoms with van der Waals surface area (Å²) in [5.41, 5.74) is 2.46. The summed E-state index contributed by atoms with van der Waals surface area (Å²) in [6.45, 7) is 2.00. The molecule has 128 valence electrons. The molecule has 3 N–H and O–H groups in total. The second kappa shape index (κ2) is 6.42. The van der Waals surface area contributed by atoms with Crippen LogP contribution >= 0.6 is 11.3 Å². The molecule has 1 unspecified atom stereocenters. The molecule has 2 aromatic heterocycles. The van der Waals surface area contributed by atoms with Crippen molar-refractivity contribution >= 4 is 38.4 Å². The molecule has 3 aromatic rings. The maximum absolute atomic E-state index is 12.5. The molecule has 6 nitrogen and oxygen atoms in total. The normalized spacial score (nSPS) is 15.1. The van der Waals surface area contributed by atoms with Crippen molar-refractivity contribution in [2.45, 2.75) is 26.0 Å². The molecule has 1 atom stereocenters. The van der Waals surface area contributed by atoms with Crippen LogP contribution in [0.1, 0.15) is 28.8 Å². The molecule has 0 bridgehead atoms. The van der Waals surface area contributed by atoms with Crippen LogP contribution in [0, 0.1) is 12.8 Å². The standard InChI is InChI=1S/C18H18N4O2S/c1-10-3-2-4-13-15(10)21-18(25-13)22-17(24)12-7-8-19-14(9-12)20-16(23)11-5-6-11/h2-4,7-9,11,16,23H,5-6H2,1H3,(H,19,20)(H,21,22,24). The van der Waals surface area contributed by atoms with Gasteiger partial charge in [-0.25, -0.2) is 9.97 Å². The summed E-state index contributed by atoms with van der Waals surface area (Å²) >= 11 is 1.45. The number of pyridine rings is 1. The fourth-order valence-electron chi connectivity index (χ4n) is 2.64. The van der Waals surface area contributed by atoms with Gasteiger partial charge in [0.1, 0.15) is 12.0 Å². The van der Waals surface area contributed by atoms with E-state index in [1.54, 1.807) is 18.3 Å². The van der Waals surface area contributed by atoms with Gasteiger partial charge < -0.3 is 10.4 Å². The molecule has 1 aromatic carbocycles. The number of hydrogen-bond donors (Lipinski definition) is 3. The summed E-state index contributed by atoms with van der Waals surface area (Å²) in [6, 6.07) is 9.25. The molecule has 0 radical (unpaired) electrons. The Bertz CT molecular complexity index is 936. The second-order valence-corrected chi connectivity index (χ2v) is 7.28. The quantitative estimate of drug-likeness (QED) is 0.611. The molecule has 0 spiro atoms. The van der Waals surface area contributed by atoms with E-state index in [0.717, 1.165) is 28.6 Å². The molecule has 1 aliphatic rings. The van der Waals surface area contributed by atoms with Crippen LogP contribution < -0.4 is 10.6 Å². The number of benzene rings is 1. The number of aliphatic hydroxyl groups is 1. The summed E-state index contributed by atoms with van der Waals surface area (Å²) in [5, 5.41) is 16.3. The van der Waals surface area contributed by atoms with Crippen LogP contribution in [0.15, 0.2) is 36.5 Å². The predicted octanol–water partition coefficient (Wildman–Crippen LogP) is 3.39. The van der Waals surface area contributed by atoms with Crippen molar-refractivity contribution in [2.24, 2.45) is 5.92 Å². The van der Waals surface area contributed by atoms with Gasteiger partial charge in [0.25, 0.3) is 5.91 Å². The number of amides is 1. The SMILES string of the molecule is Cc1cccc2sc(NC(=O)c3ccnc(NC(O)C4CC4)c3)nc12. The van der Waals surface area contributed by atoms with E-state index < -0.39 is 6.23 Å². The third-order valence-corrected chi connectivity index (χ3v) is 5.16. The zero-order valence-electron chi connectivity index (χ0n) is 13.7. The zero-order chi connectivity index (χ0) is 17.4. The highest BCUT2D eigenvalue weighted by Gasteiger charge is 2.29. The Morgan fingerprint density at radius 3 is 2.96 bits per heavy atom. The second-order valence-electron chi connectivity index (χ2n) is 6.25.